The highest BCUT2D eigenvalue weighted by molar-refractivity contribution is 9.10. The first kappa shape index (κ1) is 12.6. The summed E-state index contributed by atoms with van der Waals surface area (Å²) in [6.07, 6.45) is 1.94. The number of aromatic nitrogens is 2. The van der Waals surface area contributed by atoms with E-state index in [0.717, 1.165) is 4.90 Å². The number of hydrogen-bond acceptors (Lipinski definition) is 5. The van der Waals surface area contributed by atoms with Gasteiger partial charge >= 0.3 is 0 Å². The number of carbonyl (C=O) groups excluding carboxylic acids is 2. The molecule has 0 N–H and O–H groups in total. The first-order valence-electron chi connectivity index (χ1n) is 4.36. The van der Waals surface area contributed by atoms with Crippen LogP contribution in [0.3, 0.4) is 0 Å². The number of anilines is 1. The zero-order valence-electron chi connectivity index (χ0n) is 8.81. The van der Waals surface area contributed by atoms with E-state index < -0.39 is 0 Å². The third kappa shape index (κ3) is 2.99. The van der Waals surface area contributed by atoms with Crippen LogP contribution >= 0.6 is 15.9 Å². The molecule has 16 heavy (non-hydrogen) atoms. The molecule has 1 aromatic rings. The van der Waals surface area contributed by atoms with Crippen molar-refractivity contribution in [3.05, 3.63) is 10.8 Å². The number of methoxy groups -OCH3 is 1. The molecule has 0 fully saturated rings. The van der Waals surface area contributed by atoms with Crippen molar-refractivity contribution in [1.82, 2.24) is 9.97 Å². The molecule has 0 saturated heterocycles. The van der Waals surface area contributed by atoms with E-state index in [4.69, 9.17) is 4.74 Å². The highest BCUT2D eigenvalue weighted by Gasteiger charge is 2.16. The molecule has 7 heteroatoms. The molecule has 1 aromatic heterocycles. The number of nitrogens with zero attached hydrogens (tertiary/aromatic N) is 3. The number of carbonyl (C=O) groups is 2. The third-order valence-corrected chi connectivity index (χ3v) is 2.06. The van der Waals surface area contributed by atoms with E-state index in [1.54, 1.807) is 0 Å². The summed E-state index contributed by atoms with van der Waals surface area (Å²) in [4.78, 5) is 30.9. The molecule has 0 spiro atoms. The average Bonchev–Trinajstić information content (AvgIpc) is 2.25. The fraction of sp³-hybridized carbons (Fsp3) is 0.333. The van der Waals surface area contributed by atoms with Crippen molar-refractivity contribution in [3.8, 4) is 5.88 Å². The van der Waals surface area contributed by atoms with Crippen LogP contribution < -0.4 is 9.64 Å². The van der Waals surface area contributed by atoms with Gasteiger partial charge in [-0.2, -0.15) is 0 Å². The van der Waals surface area contributed by atoms with Gasteiger partial charge in [-0.1, -0.05) is 0 Å². The van der Waals surface area contributed by atoms with Gasteiger partial charge in [0.15, 0.2) is 5.82 Å². The number of hydrogen-bond donors (Lipinski definition) is 0. The molecule has 0 saturated carbocycles. The molecule has 6 nitrogen and oxygen atoms in total. The molecule has 1 heterocycles. The van der Waals surface area contributed by atoms with Gasteiger partial charge in [0, 0.05) is 0 Å². The average molecular weight is 288 g/mol. The van der Waals surface area contributed by atoms with Crippen LogP contribution in [0.4, 0.5) is 5.82 Å². The molecule has 0 atom stereocenters. The number of amides is 1. The summed E-state index contributed by atoms with van der Waals surface area (Å²) >= 11 is 3.13. The molecular formula is C9H10BrN3O3. The van der Waals surface area contributed by atoms with Crippen LogP contribution in [-0.2, 0) is 9.59 Å². The van der Waals surface area contributed by atoms with Crippen molar-refractivity contribution < 1.29 is 14.3 Å². The molecule has 0 aliphatic carbocycles. The standard InChI is InChI=1S/C9H10BrN3O3/c1-6(15)4-13(5-14)8-9(16-2)12-7(10)3-11-8/h3,5H,4H2,1-2H3. The Morgan fingerprint density at radius 3 is 2.88 bits per heavy atom. The maximum atomic E-state index is 11.0. The molecule has 0 aromatic carbocycles. The fourth-order valence-corrected chi connectivity index (χ4v) is 1.34. The zero-order chi connectivity index (χ0) is 12.1. The summed E-state index contributed by atoms with van der Waals surface area (Å²) in [6, 6.07) is 0. The van der Waals surface area contributed by atoms with Crippen LogP contribution in [0.1, 0.15) is 6.92 Å². The summed E-state index contributed by atoms with van der Waals surface area (Å²) in [5.74, 6) is 0.248. The van der Waals surface area contributed by atoms with Gasteiger partial charge in [0.1, 0.15) is 10.4 Å². The summed E-state index contributed by atoms with van der Waals surface area (Å²) in [7, 11) is 1.41. The van der Waals surface area contributed by atoms with Crippen LogP contribution in [0.5, 0.6) is 5.88 Å². The lowest BCUT2D eigenvalue weighted by atomic mass is 10.4. The van der Waals surface area contributed by atoms with Gasteiger partial charge in [0.2, 0.25) is 6.41 Å². The second kappa shape index (κ2) is 5.55. The molecule has 0 aliphatic heterocycles. The van der Waals surface area contributed by atoms with Gasteiger partial charge in [0.25, 0.3) is 5.88 Å². The van der Waals surface area contributed by atoms with Crippen molar-refractivity contribution in [2.75, 3.05) is 18.6 Å². The van der Waals surface area contributed by atoms with Crippen molar-refractivity contribution in [2.24, 2.45) is 0 Å². The Hall–Kier alpha value is -1.50. The van der Waals surface area contributed by atoms with Crippen molar-refractivity contribution >= 4 is 33.9 Å². The van der Waals surface area contributed by atoms with E-state index in [2.05, 4.69) is 25.9 Å². The Morgan fingerprint density at radius 1 is 1.69 bits per heavy atom. The Kier molecular flexibility index (Phi) is 4.36. The number of ether oxygens (including phenoxy) is 1. The summed E-state index contributed by atoms with van der Waals surface area (Å²) in [6.45, 7) is 1.32. The maximum Gasteiger partial charge on any atom is 0.258 e. The van der Waals surface area contributed by atoms with Crippen molar-refractivity contribution in [1.29, 1.82) is 0 Å². The Morgan fingerprint density at radius 2 is 2.38 bits per heavy atom. The van der Waals surface area contributed by atoms with Gasteiger partial charge in [-0.05, 0) is 22.9 Å². The molecule has 1 rings (SSSR count). The molecule has 86 valence electrons. The molecule has 0 radical (unpaired) electrons. The first-order valence-corrected chi connectivity index (χ1v) is 5.15. The number of halogens is 1. The maximum absolute atomic E-state index is 11.0. The number of Topliss-reactive ketones (excluding diaryl/α,β-unsaturated/α-hetero) is 1. The lowest BCUT2D eigenvalue weighted by Gasteiger charge is -2.16. The van der Waals surface area contributed by atoms with Crippen LogP contribution in [0.15, 0.2) is 10.8 Å². The molecule has 0 bridgehead atoms. The Bertz CT molecular complexity index is 411. The minimum Gasteiger partial charge on any atom is -0.478 e. The monoisotopic (exact) mass is 287 g/mol. The van der Waals surface area contributed by atoms with E-state index in [1.165, 1.54) is 20.2 Å². The molecular weight excluding hydrogens is 278 g/mol. The first-order chi connectivity index (χ1) is 7.58. The van der Waals surface area contributed by atoms with Gasteiger partial charge in [-0.15, -0.1) is 0 Å². The van der Waals surface area contributed by atoms with E-state index in [-0.39, 0.29) is 24.0 Å². The van der Waals surface area contributed by atoms with Gasteiger partial charge in [-0.25, -0.2) is 9.97 Å². The van der Waals surface area contributed by atoms with E-state index in [9.17, 15) is 9.59 Å². The Balaban J connectivity index is 3.08. The predicted molar refractivity (Wildman–Crippen MR) is 60.4 cm³/mol. The fourth-order valence-electron chi connectivity index (χ4n) is 1.08. The van der Waals surface area contributed by atoms with E-state index >= 15 is 0 Å². The highest BCUT2D eigenvalue weighted by Crippen LogP contribution is 2.23. The van der Waals surface area contributed by atoms with Crippen LogP contribution in [0, 0.1) is 0 Å². The van der Waals surface area contributed by atoms with Crippen LogP contribution in [0.25, 0.3) is 0 Å². The quantitative estimate of drug-likeness (QED) is 0.749. The SMILES string of the molecule is COc1nc(Br)cnc1N(C=O)CC(C)=O. The zero-order valence-corrected chi connectivity index (χ0v) is 10.4. The van der Waals surface area contributed by atoms with Crippen molar-refractivity contribution in [2.45, 2.75) is 6.92 Å². The predicted octanol–water partition coefficient (Wildman–Crippen LogP) is 0.799. The van der Waals surface area contributed by atoms with E-state index in [0.29, 0.717) is 11.0 Å². The Labute approximate surface area is 101 Å². The lowest BCUT2D eigenvalue weighted by molar-refractivity contribution is -0.117. The summed E-state index contributed by atoms with van der Waals surface area (Å²) < 4.78 is 5.46. The minimum atomic E-state index is -0.154. The van der Waals surface area contributed by atoms with Gasteiger partial charge < -0.3 is 4.74 Å². The van der Waals surface area contributed by atoms with E-state index in [1.807, 2.05) is 0 Å². The molecule has 1 amide bonds. The lowest BCUT2D eigenvalue weighted by Crippen LogP contribution is -2.28. The summed E-state index contributed by atoms with van der Waals surface area (Å²) in [5.41, 5.74) is 0. The number of ketones is 1. The minimum absolute atomic E-state index is 0.0594. The normalized spacial score (nSPS) is 9.69. The topological polar surface area (TPSA) is 72.4 Å². The second-order valence-electron chi connectivity index (χ2n) is 2.96. The third-order valence-electron chi connectivity index (χ3n) is 1.68. The smallest absolute Gasteiger partial charge is 0.258 e. The molecule has 0 aliphatic rings. The largest absolute Gasteiger partial charge is 0.478 e. The van der Waals surface area contributed by atoms with Crippen LogP contribution in [-0.4, -0.2) is 35.8 Å². The van der Waals surface area contributed by atoms with Gasteiger partial charge in [-0.3, -0.25) is 14.5 Å². The highest BCUT2D eigenvalue weighted by atomic mass is 79.9. The van der Waals surface area contributed by atoms with Crippen LogP contribution in [0.2, 0.25) is 0 Å². The summed E-state index contributed by atoms with van der Waals surface area (Å²) in [5, 5.41) is 0. The van der Waals surface area contributed by atoms with Crippen molar-refractivity contribution in [3.63, 3.8) is 0 Å². The second-order valence-corrected chi connectivity index (χ2v) is 3.77. The number of rotatable bonds is 5. The van der Waals surface area contributed by atoms with Gasteiger partial charge in [0.05, 0.1) is 19.9 Å². The molecule has 0 unspecified atom stereocenters.